The van der Waals surface area contributed by atoms with Crippen molar-refractivity contribution in [1.82, 2.24) is 5.32 Å². The lowest BCUT2D eigenvalue weighted by Crippen LogP contribution is -2.35. The zero-order valence-electron chi connectivity index (χ0n) is 11.3. The minimum Gasteiger partial charge on any atom is -0.478 e. The number of carboxylic acid groups (broad SMARTS) is 1. The predicted molar refractivity (Wildman–Crippen MR) is 81.3 cm³/mol. The summed E-state index contributed by atoms with van der Waals surface area (Å²) in [5.41, 5.74) is 1.88. The number of nitrogens with one attached hydrogen (secondary N) is 2. The van der Waals surface area contributed by atoms with Crippen molar-refractivity contribution >= 4 is 29.0 Å². The third kappa shape index (κ3) is 3.91. The number of aromatic carboxylic acids is 1. The van der Waals surface area contributed by atoms with E-state index in [-0.39, 0.29) is 11.7 Å². The second-order valence-electron chi connectivity index (χ2n) is 4.80. The van der Waals surface area contributed by atoms with Gasteiger partial charge in [-0.2, -0.15) is 0 Å². The molecule has 1 aromatic rings. The van der Waals surface area contributed by atoms with Crippen molar-refractivity contribution in [3.63, 3.8) is 0 Å². The third-order valence-corrected chi connectivity index (χ3v) is 3.49. The number of thiocarbonyl (C=S) groups is 1. The Morgan fingerprint density at radius 3 is 3.00 bits per heavy atom. The summed E-state index contributed by atoms with van der Waals surface area (Å²) >= 11 is 5.21. The number of benzene rings is 1. The fraction of sp³-hybridized carbons (Fsp3) is 0.429. The van der Waals surface area contributed by atoms with Gasteiger partial charge in [-0.05, 0) is 49.7 Å². The van der Waals surface area contributed by atoms with Crippen molar-refractivity contribution in [3.8, 4) is 0 Å². The van der Waals surface area contributed by atoms with Crippen LogP contribution in [0.2, 0.25) is 0 Å². The highest BCUT2D eigenvalue weighted by Gasteiger charge is 2.15. The van der Waals surface area contributed by atoms with Crippen LogP contribution in [0.3, 0.4) is 0 Å². The van der Waals surface area contributed by atoms with E-state index in [9.17, 15) is 4.79 Å². The number of rotatable bonds is 4. The molecule has 2 rings (SSSR count). The largest absolute Gasteiger partial charge is 0.478 e. The number of carboxylic acids is 1. The van der Waals surface area contributed by atoms with Crippen LogP contribution in [0.25, 0.3) is 0 Å². The van der Waals surface area contributed by atoms with Gasteiger partial charge in [0, 0.05) is 18.8 Å². The Morgan fingerprint density at radius 1 is 1.55 bits per heavy atom. The van der Waals surface area contributed by atoms with Gasteiger partial charge in [-0.15, -0.1) is 0 Å². The molecule has 0 radical (unpaired) electrons. The summed E-state index contributed by atoms with van der Waals surface area (Å²) in [4.78, 5) is 11.0. The highest BCUT2D eigenvalue weighted by atomic mass is 32.1. The summed E-state index contributed by atoms with van der Waals surface area (Å²) in [6, 6.07) is 4.91. The molecule has 3 N–H and O–H groups in total. The monoisotopic (exact) mass is 294 g/mol. The average molecular weight is 294 g/mol. The van der Waals surface area contributed by atoms with Crippen LogP contribution in [0.15, 0.2) is 18.2 Å². The van der Waals surface area contributed by atoms with Crippen LogP contribution in [0.5, 0.6) is 0 Å². The lowest BCUT2D eigenvalue weighted by atomic mass is 10.1. The van der Waals surface area contributed by atoms with Crippen molar-refractivity contribution in [2.24, 2.45) is 0 Å². The van der Waals surface area contributed by atoms with E-state index in [1.54, 1.807) is 18.2 Å². The molecular weight excluding hydrogens is 276 g/mol. The van der Waals surface area contributed by atoms with Crippen molar-refractivity contribution in [1.29, 1.82) is 0 Å². The smallest absolute Gasteiger partial charge is 0.335 e. The first-order chi connectivity index (χ1) is 9.56. The van der Waals surface area contributed by atoms with Crippen molar-refractivity contribution in [2.45, 2.75) is 25.9 Å². The van der Waals surface area contributed by atoms with E-state index in [1.165, 1.54) is 0 Å². The highest BCUT2D eigenvalue weighted by Crippen LogP contribution is 2.17. The molecule has 1 aliphatic rings. The standard InChI is InChI=1S/C14H18N2O3S/c1-9-4-5-10(13(17)18)7-12(9)16-14(20)15-8-11-3-2-6-19-11/h4-5,7,11H,2-3,6,8H2,1H3,(H,17,18)(H2,15,16,20)/t11-/m1/s1. The molecule has 0 bridgehead atoms. The van der Waals surface area contributed by atoms with E-state index >= 15 is 0 Å². The van der Waals surface area contributed by atoms with Crippen LogP contribution in [0, 0.1) is 6.92 Å². The molecule has 0 saturated carbocycles. The topological polar surface area (TPSA) is 70.6 Å². The van der Waals surface area contributed by atoms with Crippen molar-refractivity contribution in [2.75, 3.05) is 18.5 Å². The predicted octanol–water partition coefficient (Wildman–Crippen LogP) is 2.16. The van der Waals surface area contributed by atoms with Crippen LogP contribution >= 0.6 is 12.2 Å². The van der Waals surface area contributed by atoms with Gasteiger partial charge in [0.2, 0.25) is 0 Å². The quantitative estimate of drug-likeness (QED) is 0.739. The molecule has 20 heavy (non-hydrogen) atoms. The first-order valence-electron chi connectivity index (χ1n) is 6.56. The molecule has 5 nitrogen and oxygen atoms in total. The molecule has 1 fully saturated rings. The van der Waals surface area contributed by atoms with Crippen molar-refractivity contribution < 1.29 is 14.6 Å². The summed E-state index contributed by atoms with van der Waals surface area (Å²) in [6.07, 6.45) is 2.34. The molecule has 1 atom stereocenters. The second kappa shape index (κ2) is 6.67. The normalized spacial score (nSPS) is 17.8. The Hall–Kier alpha value is -1.66. The molecule has 6 heteroatoms. The number of ether oxygens (including phenoxy) is 1. The lowest BCUT2D eigenvalue weighted by Gasteiger charge is -2.15. The summed E-state index contributed by atoms with van der Waals surface area (Å²) in [6.45, 7) is 3.38. The first kappa shape index (κ1) is 14.7. The molecule has 1 saturated heterocycles. The van der Waals surface area contributed by atoms with E-state index in [0.29, 0.717) is 17.3 Å². The van der Waals surface area contributed by atoms with Crippen molar-refractivity contribution in [3.05, 3.63) is 29.3 Å². The van der Waals surface area contributed by atoms with E-state index in [0.717, 1.165) is 25.0 Å². The van der Waals surface area contributed by atoms with Crippen LogP contribution in [-0.4, -0.2) is 35.4 Å². The van der Waals surface area contributed by atoms with Gasteiger partial charge >= 0.3 is 5.97 Å². The van der Waals surface area contributed by atoms with Crippen LogP contribution < -0.4 is 10.6 Å². The molecule has 1 aliphatic heterocycles. The minimum atomic E-state index is -0.953. The lowest BCUT2D eigenvalue weighted by molar-refractivity contribution is 0.0697. The fourth-order valence-electron chi connectivity index (χ4n) is 2.07. The van der Waals surface area contributed by atoms with Gasteiger partial charge in [0.15, 0.2) is 5.11 Å². The van der Waals surface area contributed by atoms with Gasteiger partial charge in [0.1, 0.15) is 0 Å². The van der Waals surface area contributed by atoms with Gasteiger partial charge in [0.25, 0.3) is 0 Å². The fourth-order valence-corrected chi connectivity index (χ4v) is 2.26. The Labute approximate surface area is 123 Å². The molecule has 1 aromatic carbocycles. The van der Waals surface area contributed by atoms with Crippen LogP contribution in [0.4, 0.5) is 5.69 Å². The maximum atomic E-state index is 11.0. The van der Waals surface area contributed by atoms with E-state index in [2.05, 4.69) is 10.6 Å². The maximum Gasteiger partial charge on any atom is 0.335 e. The minimum absolute atomic E-state index is 0.209. The summed E-state index contributed by atoms with van der Waals surface area (Å²) < 4.78 is 5.50. The van der Waals surface area contributed by atoms with Crippen LogP contribution in [0.1, 0.15) is 28.8 Å². The Kier molecular flexibility index (Phi) is 4.92. The van der Waals surface area contributed by atoms with E-state index in [4.69, 9.17) is 22.1 Å². The second-order valence-corrected chi connectivity index (χ2v) is 5.21. The molecule has 108 valence electrons. The molecule has 0 aliphatic carbocycles. The Balaban J connectivity index is 1.92. The van der Waals surface area contributed by atoms with Crippen LogP contribution in [-0.2, 0) is 4.74 Å². The van der Waals surface area contributed by atoms with Gasteiger partial charge in [-0.25, -0.2) is 4.79 Å². The van der Waals surface area contributed by atoms with Gasteiger partial charge in [-0.3, -0.25) is 0 Å². The number of carbonyl (C=O) groups is 1. The molecule has 0 unspecified atom stereocenters. The number of aryl methyl sites for hydroxylation is 1. The third-order valence-electron chi connectivity index (χ3n) is 3.25. The molecule has 0 amide bonds. The van der Waals surface area contributed by atoms with Gasteiger partial charge < -0.3 is 20.5 Å². The molecule has 1 heterocycles. The van der Waals surface area contributed by atoms with E-state index in [1.807, 2.05) is 6.92 Å². The Morgan fingerprint density at radius 2 is 2.35 bits per heavy atom. The van der Waals surface area contributed by atoms with E-state index < -0.39 is 5.97 Å². The molecule has 0 spiro atoms. The SMILES string of the molecule is Cc1ccc(C(=O)O)cc1NC(=S)NC[C@H]1CCCO1. The average Bonchev–Trinajstić information content (AvgIpc) is 2.92. The molecule has 0 aromatic heterocycles. The number of hydrogen-bond acceptors (Lipinski definition) is 3. The first-order valence-corrected chi connectivity index (χ1v) is 6.97. The highest BCUT2D eigenvalue weighted by molar-refractivity contribution is 7.80. The Bertz CT molecular complexity index is 513. The molecular formula is C14H18N2O3S. The number of anilines is 1. The summed E-state index contributed by atoms with van der Waals surface area (Å²) in [5.74, 6) is -0.953. The van der Waals surface area contributed by atoms with Gasteiger partial charge in [-0.1, -0.05) is 6.07 Å². The summed E-state index contributed by atoms with van der Waals surface area (Å²) in [7, 11) is 0. The summed E-state index contributed by atoms with van der Waals surface area (Å²) in [5, 5.41) is 15.6. The zero-order valence-corrected chi connectivity index (χ0v) is 12.1. The van der Waals surface area contributed by atoms with Gasteiger partial charge in [0.05, 0.1) is 11.7 Å². The zero-order chi connectivity index (χ0) is 14.5. The maximum absolute atomic E-state index is 11.0. The number of hydrogen-bond donors (Lipinski definition) is 3.